The first-order chi connectivity index (χ1) is 8.95. The molecule has 0 spiro atoms. The predicted molar refractivity (Wildman–Crippen MR) is 83.6 cm³/mol. The van der Waals surface area contributed by atoms with Crippen molar-refractivity contribution < 1.29 is 0 Å². The lowest BCUT2D eigenvalue weighted by Crippen LogP contribution is -2.56. The Bertz CT molecular complexity index is 420. The topological polar surface area (TPSA) is 29.3 Å². The minimum atomic E-state index is 0.194. The third-order valence-electron chi connectivity index (χ3n) is 4.25. The van der Waals surface area contributed by atoms with Gasteiger partial charge in [-0.1, -0.05) is 45.9 Å². The lowest BCUT2D eigenvalue weighted by molar-refractivity contribution is 0.257. The highest BCUT2D eigenvalue weighted by molar-refractivity contribution is 5.56. The fourth-order valence-electron chi connectivity index (χ4n) is 3.42. The number of benzene rings is 1. The summed E-state index contributed by atoms with van der Waals surface area (Å²) in [5.74, 6) is 0. The van der Waals surface area contributed by atoms with Crippen LogP contribution in [0.4, 0.5) is 5.69 Å². The van der Waals surface area contributed by atoms with Gasteiger partial charge in [0.05, 0.1) is 0 Å². The molecule has 1 aromatic rings. The third kappa shape index (κ3) is 2.94. The van der Waals surface area contributed by atoms with Crippen molar-refractivity contribution in [2.24, 2.45) is 11.1 Å². The molecule has 19 heavy (non-hydrogen) atoms. The Morgan fingerprint density at radius 1 is 1.26 bits per heavy atom. The van der Waals surface area contributed by atoms with Crippen LogP contribution in [0.2, 0.25) is 0 Å². The highest BCUT2D eigenvalue weighted by Gasteiger charge is 2.36. The quantitative estimate of drug-likeness (QED) is 0.900. The lowest BCUT2D eigenvalue weighted by Gasteiger charge is -2.47. The predicted octanol–water partition coefficient (Wildman–Crippen LogP) is 3.59. The summed E-state index contributed by atoms with van der Waals surface area (Å²) in [5.41, 5.74) is 9.52. The molecule has 1 aliphatic heterocycles. The maximum atomic E-state index is 6.45. The molecule has 0 bridgehead atoms. The van der Waals surface area contributed by atoms with Crippen LogP contribution in [0, 0.1) is 5.41 Å². The Kier molecular flexibility index (Phi) is 4.19. The number of nitrogens with two attached hydrogens (primary N) is 1. The van der Waals surface area contributed by atoms with Crippen molar-refractivity contribution >= 4 is 5.69 Å². The molecule has 0 aromatic heterocycles. The molecule has 2 heteroatoms. The van der Waals surface area contributed by atoms with E-state index in [4.69, 9.17) is 5.73 Å². The summed E-state index contributed by atoms with van der Waals surface area (Å²) in [5, 5.41) is 0. The zero-order chi connectivity index (χ0) is 14.0. The van der Waals surface area contributed by atoms with Crippen molar-refractivity contribution in [3.8, 4) is 0 Å². The van der Waals surface area contributed by atoms with Crippen LogP contribution < -0.4 is 10.6 Å². The molecule has 1 aromatic carbocycles. The van der Waals surface area contributed by atoms with Crippen LogP contribution in [0.5, 0.6) is 0 Å². The van der Waals surface area contributed by atoms with Crippen LogP contribution in [0.25, 0.3) is 0 Å². The zero-order valence-corrected chi connectivity index (χ0v) is 12.8. The van der Waals surface area contributed by atoms with Crippen LogP contribution in [-0.2, 0) is 6.42 Å². The molecule has 2 nitrogen and oxygen atoms in total. The Morgan fingerprint density at radius 2 is 1.95 bits per heavy atom. The van der Waals surface area contributed by atoms with Crippen molar-refractivity contribution in [1.29, 1.82) is 0 Å². The number of rotatable bonds is 3. The highest BCUT2D eigenvalue weighted by atomic mass is 15.2. The minimum Gasteiger partial charge on any atom is -0.366 e. The number of hydrogen-bond donors (Lipinski definition) is 1. The summed E-state index contributed by atoms with van der Waals surface area (Å²) >= 11 is 0. The molecule has 0 fully saturated rings. The Hall–Kier alpha value is -1.02. The molecule has 0 amide bonds. The van der Waals surface area contributed by atoms with Gasteiger partial charge in [-0.3, -0.25) is 0 Å². The van der Waals surface area contributed by atoms with Gasteiger partial charge in [0, 0.05) is 24.3 Å². The SMILES string of the molecule is CCC(N)C(N1CCCc2ccccc21)C(C)(C)C. The molecule has 0 radical (unpaired) electrons. The van der Waals surface area contributed by atoms with Crippen LogP contribution in [0.15, 0.2) is 24.3 Å². The van der Waals surface area contributed by atoms with Gasteiger partial charge in [0.15, 0.2) is 0 Å². The fourth-order valence-corrected chi connectivity index (χ4v) is 3.42. The largest absolute Gasteiger partial charge is 0.366 e. The second-order valence-corrected chi connectivity index (χ2v) is 6.81. The summed E-state index contributed by atoms with van der Waals surface area (Å²) in [6.07, 6.45) is 3.46. The molecule has 2 atom stereocenters. The second kappa shape index (κ2) is 5.54. The monoisotopic (exact) mass is 260 g/mol. The van der Waals surface area contributed by atoms with Crippen LogP contribution in [-0.4, -0.2) is 18.6 Å². The van der Waals surface area contributed by atoms with Crippen LogP contribution in [0.3, 0.4) is 0 Å². The van der Waals surface area contributed by atoms with E-state index >= 15 is 0 Å². The number of nitrogens with zero attached hydrogens (tertiary/aromatic N) is 1. The van der Waals surface area contributed by atoms with E-state index in [9.17, 15) is 0 Å². The maximum Gasteiger partial charge on any atom is 0.0489 e. The molecule has 1 aliphatic rings. The first kappa shape index (κ1) is 14.4. The molecule has 0 aliphatic carbocycles. The van der Waals surface area contributed by atoms with Gasteiger partial charge in [-0.05, 0) is 36.3 Å². The summed E-state index contributed by atoms with van der Waals surface area (Å²) in [6.45, 7) is 10.3. The number of anilines is 1. The van der Waals surface area contributed by atoms with Crippen molar-refractivity contribution in [2.45, 2.75) is 59.0 Å². The average molecular weight is 260 g/mol. The minimum absolute atomic E-state index is 0.194. The van der Waals surface area contributed by atoms with Crippen molar-refractivity contribution in [1.82, 2.24) is 0 Å². The van der Waals surface area contributed by atoms with Gasteiger partial charge in [0.1, 0.15) is 0 Å². The van der Waals surface area contributed by atoms with Crippen LogP contribution >= 0.6 is 0 Å². The van der Waals surface area contributed by atoms with Gasteiger partial charge in [-0.25, -0.2) is 0 Å². The van der Waals surface area contributed by atoms with Gasteiger partial charge in [0.25, 0.3) is 0 Å². The smallest absolute Gasteiger partial charge is 0.0489 e. The molecule has 0 saturated heterocycles. The molecular weight excluding hydrogens is 232 g/mol. The number of para-hydroxylation sites is 1. The first-order valence-corrected chi connectivity index (χ1v) is 7.55. The summed E-state index contributed by atoms with van der Waals surface area (Å²) in [4.78, 5) is 2.56. The standard InChI is InChI=1S/C17H28N2/c1-5-14(18)16(17(2,3)4)19-12-8-10-13-9-6-7-11-15(13)19/h6-7,9,11,14,16H,5,8,10,12,18H2,1-4H3. The summed E-state index contributed by atoms with van der Waals surface area (Å²) in [7, 11) is 0. The van der Waals surface area contributed by atoms with E-state index in [1.54, 1.807) is 0 Å². The fraction of sp³-hybridized carbons (Fsp3) is 0.647. The molecule has 2 N–H and O–H groups in total. The lowest BCUT2D eigenvalue weighted by atomic mass is 9.79. The Morgan fingerprint density at radius 3 is 2.58 bits per heavy atom. The van der Waals surface area contributed by atoms with Gasteiger partial charge in [-0.15, -0.1) is 0 Å². The van der Waals surface area contributed by atoms with E-state index in [-0.39, 0.29) is 11.5 Å². The molecular formula is C17H28N2. The van der Waals surface area contributed by atoms with E-state index in [1.807, 2.05) is 0 Å². The van der Waals surface area contributed by atoms with Gasteiger partial charge in [0.2, 0.25) is 0 Å². The molecule has 2 rings (SSSR count). The number of fused-ring (bicyclic) bond motifs is 1. The van der Waals surface area contributed by atoms with E-state index in [0.717, 1.165) is 13.0 Å². The molecule has 1 heterocycles. The van der Waals surface area contributed by atoms with E-state index in [1.165, 1.54) is 24.1 Å². The third-order valence-corrected chi connectivity index (χ3v) is 4.25. The normalized spacial score (nSPS) is 18.9. The zero-order valence-electron chi connectivity index (χ0n) is 12.8. The Labute approximate surface area is 118 Å². The van der Waals surface area contributed by atoms with E-state index in [0.29, 0.717) is 6.04 Å². The van der Waals surface area contributed by atoms with Crippen molar-refractivity contribution in [2.75, 3.05) is 11.4 Å². The van der Waals surface area contributed by atoms with Gasteiger partial charge in [-0.2, -0.15) is 0 Å². The Balaban J connectivity index is 2.39. The van der Waals surface area contributed by atoms with Crippen molar-refractivity contribution in [3.05, 3.63) is 29.8 Å². The number of aryl methyl sites for hydroxylation is 1. The van der Waals surface area contributed by atoms with Gasteiger partial charge >= 0.3 is 0 Å². The average Bonchev–Trinajstić information content (AvgIpc) is 2.37. The molecule has 2 unspecified atom stereocenters. The highest BCUT2D eigenvalue weighted by Crippen LogP contribution is 2.35. The maximum absolute atomic E-state index is 6.45. The summed E-state index contributed by atoms with van der Waals surface area (Å²) < 4.78 is 0. The first-order valence-electron chi connectivity index (χ1n) is 7.55. The van der Waals surface area contributed by atoms with Gasteiger partial charge < -0.3 is 10.6 Å². The second-order valence-electron chi connectivity index (χ2n) is 6.81. The van der Waals surface area contributed by atoms with Crippen molar-refractivity contribution in [3.63, 3.8) is 0 Å². The summed E-state index contributed by atoms with van der Waals surface area (Å²) in [6, 6.07) is 9.45. The van der Waals surface area contributed by atoms with Crippen LogP contribution in [0.1, 0.15) is 46.1 Å². The van der Waals surface area contributed by atoms with E-state index < -0.39 is 0 Å². The number of hydrogen-bond acceptors (Lipinski definition) is 2. The molecule has 106 valence electrons. The molecule has 0 saturated carbocycles. The van der Waals surface area contributed by atoms with E-state index in [2.05, 4.69) is 56.9 Å².